The second-order valence-electron chi connectivity index (χ2n) is 5.35. The number of aryl methyl sites for hydroxylation is 1. The molecule has 6 nitrogen and oxygen atoms in total. The van der Waals surface area contributed by atoms with Crippen LogP contribution in [0.2, 0.25) is 0 Å². The Morgan fingerprint density at radius 1 is 1.19 bits per heavy atom. The molecule has 1 aliphatic rings. The zero-order valence-corrected chi connectivity index (χ0v) is 11.6. The van der Waals surface area contributed by atoms with Crippen molar-refractivity contribution in [2.75, 3.05) is 0 Å². The van der Waals surface area contributed by atoms with Crippen molar-refractivity contribution in [3.8, 4) is 17.1 Å². The molecule has 0 fully saturated rings. The molecule has 0 radical (unpaired) electrons. The Kier molecular flexibility index (Phi) is 2.82. The van der Waals surface area contributed by atoms with Gasteiger partial charge in [-0.1, -0.05) is 0 Å². The van der Waals surface area contributed by atoms with E-state index in [4.69, 9.17) is 5.73 Å². The maximum absolute atomic E-state index is 5.97. The average Bonchev–Trinajstić information content (AvgIpc) is 3.16. The largest absolute Gasteiger partial charge is 0.326 e. The molecule has 21 heavy (non-hydrogen) atoms. The van der Waals surface area contributed by atoms with Crippen LogP contribution in [0, 0.1) is 0 Å². The smallest absolute Gasteiger partial charge is 0.181 e. The molecule has 0 amide bonds. The molecule has 2 N–H and O–H groups in total. The standard InChI is InChI=1S/C15H16N6/c16-12-3-6-14-18-15(19-21(14)9-12)11-1-4-13(5-2-11)20-8-7-17-10-20/h1-2,4-5,7-8,10,12H,3,6,9,16H2. The van der Waals surface area contributed by atoms with Crippen LogP contribution in [-0.2, 0) is 13.0 Å². The molecule has 3 aromatic rings. The fourth-order valence-corrected chi connectivity index (χ4v) is 2.65. The Labute approximate surface area is 122 Å². The van der Waals surface area contributed by atoms with Gasteiger partial charge in [0.2, 0.25) is 0 Å². The third kappa shape index (κ3) is 2.23. The SMILES string of the molecule is NC1CCc2nc(-c3ccc(-n4ccnc4)cc3)nn2C1. The van der Waals surface area contributed by atoms with Crippen molar-refractivity contribution in [2.24, 2.45) is 5.73 Å². The van der Waals surface area contributed by atoms with Gasteiger partial charge in [-0.3, -0.25) is 0 Å². The highest BCUT2D eigenvalue weighted by Gasteiger charge is 2.19. The highest BCUT2D eigenvalue weighted by molar-refractivity contribution is 5.57. The van der Waals surface area contributed by atoms with Gasteiger partial charge in [-0.2, -0.15) is 5.10 Å². The molecule has 0 spiro atoms. The molecule has 1 aliphatic heterocycles. The van der Waals surface area contributed by atoms with Gasteiger partial charge in [0.25, 0.3) is 0 Å². The van der Waals surface area contributed by atoms with E-state index in [0.29, 0.717) is 0 Å². The van der Waals surface area contributed by atoms with Gasteiger partial charge in [-0.05, 0) is 30.7 Å². The number of benzene rings is 1. The zero-order valence-electron chi connectivity index (χ0n) is 11.6. The molecule has 106 valence electrons. The number of aromatic nitrogens is 5. The minimum Gasteiger partial charge on any atom is -0.326 e. The van der Waals surface area contributed by atoms with Crippen LogP contribution in [0.1, 0.15) is 12.2 Å². The molecule has 1 aromatic carbocycles. The molecule has 4 rings (SSSR count). The summed E-state index contributed by atoms with van der Waals surface area (Å²) < 4.78 is 3.90. The van der Waals surface area contributed by atoms with Crippen molar-refractivity contribution >= 4 is 0 Å². The summed E-state index contributed by atoms with van der Waals surface area (Å²) in [6.45, 7) is 0.759. The van der Waals surface area contributed by atoms with E-state index in [-0.39, 0.29) is 6.04 Å². The number of nitrogens with two attached hydrogens (primary N) is 1. The van der Waals surface area contributed by atoms with Crippen molar-refractivity contribution in [3.05, 3.63) is 48.8 Å². The van der Waals surface area contributed by atoms with E-state index in [1.165, 1.54) is 0 Å². The van der Waals surface area contributed by atoms with Gasteiger partial charge in [-0.25, -0.2) is 14.6 Å². The highest BCUT2D eigenvalue weighted by Crippen LogP contribution is 2.20. The molecule has 0 saturated heterocycles. The first-order valence-corrected chi connectivity index (χ1v) is 7.08. The molecule has 1 atom stereocenters. The molecule has 3 heterocycles. The summed E-state index contributed by atoms with van der Waals surface area (Å²) in [4.78, 5) is 8.68. The summed E-state index contributed by atoms with van der Waals surface area (Å²) in [5, 5.41) is 4.57. The van der Waals surface area contributed by atoms with Crippen LogP contribution < -0.4 is 5.73 Å². The van der Waals surface area contributed by atoms with E-state index < -0.39 is 0 Å². The third-order valence-electron chi connectivity index (χ3n) is 3.82. The van der Waals surface area contributed by atoms with E-state index >= 15 is 0 Å². The minimum atomic E-state index is 0.190. The van der Waals surface area contributed by atoms with Gasteiger partial charge in [-0.15, -0.1) is 0 Å². The lowest BCUT2D eigenvalue weighted by molar-refractivity contribution is 0.422. The molecule has 1 unspecified atom stereocenters. The maximum atomic E-state index is 5.97. The lowest BCUT2D eigenvalue weighted by Crippen LogP contribution is -2.32. The molecule has 0 bridgehead atoms. The fraction of sp³-hybridized carbons (Fsp3) is 0.267. The first-order chi connectivity index (χ1) is 10.3. The number of hydrogen-bond acceptors (Lipinski definition) is 4. The van der Waals surface area contributed by atoms with Crippen LogP contribution >= 0.6 is 0 Å². The number of hydrogen-bond donors (Lipinski definition) is 1. The first kappa shape index (κ1) is 12.3. The van der Waals surface area contributed by atoms with Crippen LogP contribution in [0.15, 0.2) is 43.0 Å². The van der Waals surface area contributed by atoms with Crippen LogP contribution in [0.4, 0.5) is 0 Å². The Hall–Kier alpha value is -2.47. The summed E-state index contributed by atoms with van der Waals surface area (Å²) >= 11 is 0. The fourth-order valence-electron chi connectivity index (χ4n) is 2.65. The monoisotopic (exact) mass is 280 g/mol. The van der Waals surface area contributed by atoms with Crippen molar-refractivity contribution in [2.45, 2.75) is 25.4 Å². The predicted molar refractivity (Wildman–Crippen MR) is 78.9 cm³/mol. The minimum absolute atomic E-state index is 0.190. The lowest BCUT2D eigenvalue weighted by atomic mass is 10.1. The maximum Gasteiger partial charge on any atom is 0.181 e. The molecular formula is C15H16N6. The number of imidazole rings is 1. The summed E-state index contributed by atoms with van der Waals surface area (Å²) in [5.74, 6) is 1.81. The van der Waals surface area contributed by atoms with E-state index in [1.54, 1.807) is 12.5 Å². The molecule has 0 aliphatic carbocycles. The van der Waals surface area contributed by atoms with Crippen molar-refractivity contribution in [1.82, 2.24) is 24.3 Å². The van der Waals surface area contributed by atoms with Gasteiger partial charge >= 0.3 is 0 Å². The summed E-state index contributed by atoms with van der Waals surface area (Å²) in [6, 6.07) is 8.36. The first-order valence-electron chi connectivity index (χ1n) is 7.08. The Morgan fingerprint density at radius 3 is 2.81 bits per heavy atom. The predicted octanol–water partition coefficient (Wildman–Crippen LogP) is 1.40. The van der Waals surface area contributed by atoms with Crippen LogP contribution in [-0.4, -0.2) is 30.4 Å². The number of nitrogens with zero attached hydrogens (tertiary/aromatic N) is 5. The van der Waals surface area contributed by atoms with Crippen LogP contribution in [0.25, 0.3) is 17.1 Å². The van der Waals surface area contributed by atoms with Gasteiger partial charge in [0.05, 0.1) is 12.9 Å². The molecule has 2 aromatic heterocycles. The van der Waals surface area contributed by atoms with Crippen molar-refractivity contribution < 1.29 is 0 Å². The number of rotatable bonds is 2. The summed E-state index contributed by atoms with van der Waals surface area (Å²) in [7, 11) is 0. The van der Waals surface area contributed by atoms with Gasteiger partial charge in [0.1, 0.15) is 5.82 Å². The van der Waals surface area contributed by atoms with E-state index in [0.717, 1.165) is 42.3 Å². The topological polar surface area (TPSA) is 74.6 Å². The quantitative estimate of drug-likeness (QED) is 0.770. The molecular weight excluding hydrogens is 264 g/mol. The van der Waals surface area contributed by atoms with Gasteiger partial charge < -0.3 is 10.3 Å². The average molecular weight is 280 g/mol. The zero-order chi connectivity index (χ0) is 14.2. The van der Waals surface area contributed by atoms with Crippen molar-refractivity contribution in [3.63, 3.8) is 0 Å². The van der Waals surface area contributed by atoms with Crippen LogP contribution in [0.5, 0.6) is 0 Å². The van der Waals surface area contributed by atoms with Gasteiger partial charge in [0.15, 0.2) is 5.82 Å². The second-order valence-corrected chi connectivity index (χ2v) is 5.35. The lowest BCUT2D eigenvalue weighted by Gasteiger charge is -2.17. The Morgan fingerprint density at radius 2 is 2.05 bits per heavy atom. The van der Waals surface area contributed by atoms with Gasteiger partial charge in [0, 0.05) is 36.1 Å². The highest BCUT2D eigenvalue weighted by atomic mass is 15.4. The van der Waals surface area contributed by atoms with Crippen molar-refractivity contribution in [1.29, 1.82) is 0 Å². The normalized spacial score (nSPS) is 17.7. The number of fused-ring (bicyclic) bond motifs is 1. The molecule has 0 saturated carbocycles. The second kappa shape index (κ2) is 4.82. The Bertz CT molecular complexity index is 741. The van der Waals surface area contributed by atoms with Crippen LogP contribution in [0.3, 0.4) is 0 Å². The van der Waals surface area contributed by atoms with E-state index in [9.17, 15) is 0 Å². The molecule has 6 heteroatoms. The van der Waals surface area contributed by atoms with E-state index in [2.05, 4.69) is 15.1 Å². The Balaban J connectivity index is 1.65. The summed E-state index contributed by atoms with van der Waals surface area (Å²) in [5.41, 5.74) is 8.07. The van der Waals surface area contributed by atoms with E-state index in [1.807, 2.05) is 39.7 Å². The summed E-state index contributed by atoms with van der Waals surface area (Å²) in [6.07, 6.45) is 7.36. The third-order valence-corrected chi connectivity index (χ3v) is 3.82.